The molecule has 0 spiro atoms. The average Bonchev–Trinajstić information content (AvgIpc) is 2.80. The van der Waals surface area contributed by atoms with Gasteiger partial charge in [-0.1, -0.05) is 26.0 Å². The third kappa shape index (κ3) is 2.99. The van der Waals surface area contributed by atoms with Crippen molar-refractivity contribution in [2.24, 2.45) is 0 Å². The van der Waals surface area contributed by atoms with Crippen molar-refractivity contribution >= 4 is 5.69 Å². The van der Waals surface area contributed by atoms with Crippen LogP contribution in [0.3, 0.4) is 0 Å². The first-order valence-corrected chi connectivity index (χ1v) is 6.33. The minimum Gasteiger partial charge on any atom is -0.383 e. The van der Waals surface area contributed by atoms with Gasteiger partial charge in [-0.2, -0.15) is 0 Å². The van der Waals surface area contributed by atoms with Crippen molar-refractivity contribution < 1.29 is 0 Å². The molecule has 2 rings (SSSR count). The number of rotatable bonds is 4. The van der Waals surface area contributed by atoms with E-state index in [4.69, 9.17) is 0 Å². The van der Waals surface area contributed by atoms with Gasteiger partial charge in [0.1, 0.15) is 0 Å². The summed E-state index contributed by atoms with van der Waals surface area (Å²) in [5.41, 5.74) is 2.64. The number of anilines is 1. The Labute approximate surface area is 98.4 Å². The second kappa shape index (κ2) is 5.35. The first-order chi connectivity index (χ1) is 7.75. The summed E-state index contributed by atoms with van der Waals surface area (Å²) in [6.07, 6.45) is 2.62. The van der Waals surface area contributed by atoms with E-state index in [1.54, 1.807) is 0 Å². The van der Waals surface area contributed by atoms with E-state index < -0.39 is 0 Å². The Morgan fingerprint density at radius 3 is 2.62 bits per heavy atom. The predicted molar refractivity (Wildman–Crippen MR) is 70.0 cm³/mol. The second-order valence-corrected chi connectivity index (χ2v) is 4.95. The van der Waals surface area contributed by atoms with Crippen molar-refractivity contribution in [2.45, 2.75) is 38.6 Å². The fourth-order valence-corrected chi connectivity index (χ4v) is 2.16. The van der Waals surface area contributed by atoms with Crippen molar-refractivity contribution in [3.63, 3.8) is 0 Å². The van der Waals surface area contributed by atoms with Crippen LogP contribution in [0.2, 0.25) is 0 Å². The van der Waals surface area contributed by atoms with Crippen LogP contribution in [0.5, 0.6) is 0 Å². The SMILES string of the molecule is CC(C)c1ccc(NCC2CCCN2)cc1. The number of nitrogens with one attached hydrogen (secondary N) is 2. The maximum absolute atomic E-state index is 3.49. The lowest BCUT2D eigenvalue weighted by atomic mass is 10.0. The molecule has 0 aliphatic carbocycles. The quantitative estimate of drug-likeness (QED) is 0.812. The second-order valence-electron chi connectivity index (χ2n) is 4.95. The third-order valence-corrected chi connectivity index (χ3v) is 3.29. The smallest absolute Gasteiger partial charge is 0.0340 e. The Balaban J connectivity index is 1.84. The standard InChI is InChI=1S/C14H22N2/c1-11(2)12-5-7-13(8-6-12)16-10-14-4-3-9-15-14/h5-8,11,14-16H,3-4,9-10H2,1-2H3. The number of benzene rings is 1. The van der Waals surface area contributed by atoms with Crippen LogP contribution in [-0.4, -0.2) is 19.1 Å². The summed E-state index contributed by atoms with van der Waals surface area (Å²) in [5, 5.41) is 6.98. The van der Waals surface area contributed by atoms with Crippen LogP contribution in [0.1, 0.15) is 38.2 Å². The van der Waals surface area contributed by atoms with Crippen molar-refractivity contribution in [1.82, 2.24) is 5.32 Å². The molecule has 2 heteroatoms. The predicted octanol–water partition coefficient (Wildman–Crippen LogP) is 2.97. The minimum absolute atomic E-state index is 0.616. The van der Waals surface area contributed by atoms with Gasteiger partial charge < -0.3 is 10.6 Å². The van der Waals surface area contributed by atoms with Gasteiger partial charge in [0.05, 0.1) is 0 Å². The normalized spacial score (nSPS) is 20.3. The van der Waals surface area contributed by atoms with E-state index in [1.165, 1.54) is 30.6 Å². The summed E-state index contributed by atoms with van der Waals surface area (Å²) in [7, 11) is 0. The first-order valence-electron chi connectivity index (χ1n) is 6.33. The molecule has 1 aliphatic heterocycles. The van der Waals surface area contributed by atoms with Gasteiger partial charge >= 0.3 is 0 Å². The van der Waals surface area contributed by atoms with Gasteiger partial charge in [0.25, 0.3) is 0 Å². The molecule has 0 amide bonds. The minimum atomic E-state index is 0.616. The molecule has 1 aromatic rings. The fourth-order valence-electron chi connectivity index (χ4n) is 2.16. The molecule has 2 N–H and O–H groups in total. The lowest BCUT2D eigenvalue weighted by Gasteiger charge is -2.13. The molecule has 0 aromatic heterocycles. The molecule has 1 unspecified atom stereocenters. The molecule has 1 saturated heterocycles. The highest BCUT2D eigenvalue weighted by Crippen LogP contribution is 2.17. The Morgan fingerprint density at radius 2 is 2.06 bits per heavy atom. The van der Waals surface area contributed by atoms with Crippen LogP contribution < -0.4 is 10.6 Å². The van der Waals surface area contributed by atoms with E-state index in [1.807, 2.05) is 0 Å². The lowest BCUT2D eigenvalue weighted by Crippen LogP contribution is -2.29. The van der Waals surface area contributed by atoms with Gasteiger partial charge in [-0.05, 0) is 43.0 Å². The molecule has 0 bridgehead atoms. The highest BCUT2D eigenvalue weighted by Gasteiger charge is 2.12. The van der Waals surface area contributed by atoms with Crippen LogP contribution in [0.15, 0.2) is 24.3 Å². The Kier molecular flexibility index (Phi) is 3.83. The van der Waals surface area contributed by atoms with Crippen molar-refractivity contribution in [2.75, 3.05) is 18.4 Å². The maximum Gasteiger partial charge on any atom is 0.0340 e. The molecule has 88 valence electrons. The highest BCUT2D eigenvalue weighted by atomic mass is 15.0. The van der Waals surface area contributed by atoms with Crippen LogP contribution in [0.25, 0.3) is 0 Å². The topological polar surface area (TPSA) is 24.1 Å². The van der Waals surface area contributed by atoms with Gasteiger partial charge in [0, 0.05) is 18.3 Å². The Bertz CT molecular complexity index is 310. The van der Waals surface area contributed by atoms with E-state index in [0.29, 0.717) is 12.0 Å². The summed E-state index contributed by atoms with van der Waals surface area (Å²) >= 11 is 0. The van der Waals surface area contributed by atoms with Gasteiger partial charge in [-0.3, -0.25) is 0 Å². The summed E-state index contributed by atoms with van der Waals surface area (Å²) in [6, 6.07) is 9.46. The molecule has 1 heterocycles. The molecular formula is C14H22N2. The van der Waals surface area contributed by atoms with Crippen molar-refractivity contribution in [3.05, 3.63) is 29.8 Å². The Hall–Kier alpha value is -1.02. The zero-order chi connectivity index (χ0) is 11.4. The first kappa shape index (κ1) is 11.5. The molecule has 2 nitrogen and oxygen atoms in total. The summed E-state index contributed by atoms with van der Waals surface area (Å²) in [6.45, 7) is 6.68. The zero-order valence-corrected chi connectivity index (χ0v) is 10.3. The fraction of sp³-hybridized carbons (Fsp3) is 0.571. The van der Waals surface area contributed by atoms with Crippen molar-refractivity contribution in [1.29, 1.82) is 0 Å². The Morgan fingerprint density at radius 1 is 1.31 bits per heavy atom. The molecule has 16 heavy (non-hydrogen) atoms. The summed E-state index contributed by atoms with van der Waals surface area (Å²) in [5.74, 6) is 0.616. The van der Waals surface area contributed by atoms with Gasteiger partial charge in [-0.25, -0.2) is 0 Å². The van der Waals surface area contributed by atoms with Crippen molar-refractivity contribution in [3.8, 4) is 0 Å². The largest absolute Gasteiger partial charge is 0.383 e. The molecule has 1 aromatic carbocycles. The summed E-state index contributed by atoms with van der Waals surface area (Å²) in [4.78, 5) is 0. The van der Waals surface area contributed by atoms with Gasteiger partial charge in [0.2, 0.25) is 0 Å². The van der Waals surface area contributed by atoms with Crippen LogP contribution in [0.4, 0.5) is 5.69 Å². The third-order valence-electron chi connectivity index (χ3n) is 3.29. The van der Waals surface area contributed by atoms with E-state index in [-0.39, 0.29) is 0 Å². The van der Waals surface area contributed by atoms with Gasteiger partial charge in [-0.15, -0.1) is 0 Å². The summed E-state index contributed by atoms with van der Waals surface area (Å²) < 4.78 is 0. The number of hydrogen-bond donors (Lipinski definition) is 2. The lowest BCUT2D eigenvalue weighted by molar-refractivity contribution is 0.633. The monoisotopic (exact) mass is 218 g/mol. The molecular weight excluding hydrogens is 196 g/mol. The van der Waals surface area contributed by atoms with E-state index in [9.17, 15) is 0 Å². The maximum atomic E-state index is 3.49. The molecule has 1 atom stereocenters. The molecule has 0 radical (unpaired) electrons. The van der Waals surface area contributed by atoms with Crippen LogP contribution >= 0.6 is 0 Å². The van der Waals surface area contributed by atoms with Gasteiger partial charge in [0.15, 0.2) is 0 Å². The molecule has 0 saturated carbocycles. The molecule has 1 fully saturated rings. The van der Waals surface area contributed by atoms with Crippen LogP contribution in [0, 0.1) is 0 Å². The zero-order valence-electron chi connectivity index (χ0n) is 10.3. The van der Waals surface area contributed by atoms with Crippen LogP contribution in [-0.2, 0) is 0 Å². The molecule has 1 aliphatic rings. The van der Waals surface area contributed by atoms with E-state index >= 15 is 0 Å². The van der Waals surface area contributed by atoms with E-state index in [2.05, 4.69) is 48.7 Å². The van der Waals surface area contributed by atoms with E-state index in [0.717, 1.165) is 6.54 Å². The number of hydrogen-bond acceptors (Lipinski definition) is 2. The highest BCUT2D eigenvalue weighted by molar-refractivity contribution is 5.45. The average molecular weight is 218 g/mol.